The van der Waals surface area contributed by atoms with Crippen LogP contribution in [0.25, 0.3) is 11.1 Å². The molecule has 2 aromatic carbocycles. The van der Waals surface area contributed by atoms with Gasteiger partial charge < -0.3 is 19.6 Å². The highest BCUT2D eigenvalue weighted by molar-refractivity contribution is 6.31. The van der Waals surface area contributed by atoms with E-state index in [-0.39, 0.29) is 0 Å². The molecule has 1 fully saturated rings. The molecule has 0 atom stereocenters. The van der Waals surface area contributed by atoms with Crippen molar-refractivity contribution in [2.75, 3.05) is 24.5 Å². The van der Waals surface area contributed by atoms with Crippen LogP contribution in [0, 0.1) is 5.92 Å². The van der Waals surface area contributed by atoms with Gasteiger partial charge in [0.05, 0.1) is 6.10 Å². The van der Waals surface area contributed by atoms with Gasteiger partial charge in [-0.3, -0.25) is 4.79 Å². The molecule has 1 aliphatic heterocycles. The topological polar surface area (TPSA) is 70.1 Å². The molecule has 0 saturated heterocycles. The fourth-order valence-electron chi connectivity index (χ4n) is 5.78. The Balaban J connectivity index is 1.70. The quantitative estimate of drug-likeness (QED) is 0.434. The van der Waals surface area contributed by atoms with Crippen molar-refractivity contribution in [3.63, 3.8) is 0 Å². The van der Waals surface area contributed by atoms with E-state index < -0.39 is 11.9 Å². The van der Waals surface area contributed by atoms with Gasteiger partial charge in [-0.25, -0.2) is 4.79 Å². The van der Waals surface area contributed by atoms with Crippen LogP contribution in [0.3, 0.4) is 0 Å². The minimum atomic E-state index is -1.38. The number of aliphatic carboxylic acids is 1. The summed E-state index contributed by atoms with van der Waals surface area (Å²) in [4.78, 5) is 28.2. The average Bonchev–Trinajstić information content (AvgIpc) is 3.41. The smallest absolute Gasteiger partial charge is 0.394 e. The summed E-state index contributed by atoms with van der Waals surface area (Å²) in [6, 6.07) is 14.8. The lowest BCUT2D eigenvalue weighted by atomic mass is 10.00. The number of benzene rings is 2. The number of carboxylic acids is 1. The number of ether oxygens (including phenoxy) is 1. The predicted molar refractivity (Wildman–Crippen MR) is 153 cm³/mol. The Morgan fingerprint density at radius 2 is 1.58 bits per heavy atom. The van der Waals surface area contributed by atoms with Gasteiger partial charge in [-0.1, -0.05) is 63.8 Å². The Morgan fingerprint density at radius 1 is 0.895 bits per heavy atom. The van der Waals surface area contributed by atoms with Crippen LogP contribution in [-0.4, -0.2) is 47.6 Å². The van der Waals surface area contributed by atoms with Gasteiger partial charge in [-0.05, 0) is 79.3 Å². The van der Waals surface area contributed by atoms with Crippen LogP contribution in [0.15, 0.2) is 42.5 Å². The maximum Gasteiger partial charge on any atom is 0.394 e. The van der Waals surface area contributed by atoms with Gasteiger partial charge >= 0.3 is 11.9 Å². The summed E-state index contributed by atoms with van der Waals surface area (Å²) in [6.07, 6.45) is 11.5. The number of fused-ring (bicyclic) bond motifs is 1. The minimum Gasteiger partial charge on any atom is -0.490 e. The van der Waals surface area contributed by atoms with Crippen LogP contribution >= 0.6 is 0 Å². The Hall–Kier alpha value is -3.02. The highest BCUT2D eigenvalue weighted by Gasteiger charge is 2.24. The van der Waals surface area contributed by atoms with E-state index in [1.807, 2.05) is 6.07 Å². The highest BCUT2D eigenvalue weighted by atomic mass is 16.5. The van der Waals surface area contributed by atoms with Gasteiger partial charge in [0.25, 0.3) is 0 Å². The molecule has 6 nitrogen and oxygen atoms in total. The van der Waals surface area contributed by atoms with Crippen LogP contribution < -0.4 is 9.64 Å². The SMILES string of the molecule is CC(C)CN1CCCCCCCCN(C(=O)C(=O)O)Cc2ccc(-c3cccc(OC4CCCC4)c3)cc21. The second-order valence-electron chi connectivity index (χ2n) is 11.4. The van der Waals surface area contributed by atoms with Crippen LogP contribution in [0.1, 0.15) is 83.6 Å². The number of carboxylic acid groups (broad SMARTS) is 1. The second kappa shape index (κ2) is 13.7. The summed E-state index contributed by atoms with van der Waals surface area (Å²) in [7, 11) is 0. The summed E-state index contributed by atoms with van der Waals surface area (Å²) in [5.41, 5.74) is 4.31. The maximum atomic E-state index is 12.6. The third-order valence-electron chi connectivity index (χ3n) is 7.72. The van der Waals surface area contributed by atoms with Gasteiger partial charge in [-0.15, -0.1) is 0 Å². The first-order valence-corrected chi connectivity index (χ1v) is 14.6. The number of amides is 1. The zero-order valence-corrected chi connectivity index (χ0v) is 23.2. The molecule has 38 heavy (non-hydrogen) atoms. The highest BCUT2D eigenvalue weighted by Crippen LogP contribution is 2.33. The molecule has 0 bridgehead atoms. The van der Waals surface area contributed by atoms with Crippen molar-refractivity contribution in [3.05, 3.63) is 48.0 Å². The molecule has 0 aromatic heterocycles. The van der Waals surface area contributed by atoms with Gasteiger partial charge in [0.1, 0.15) is 5.75 Å². The summed E-state index contributed by atoms with van der Waals surface area (Å²) in [5, 5.41) is 9.49. The van der Waals surface area contributed by atoms with Crippen molar-refractivity contribution in [2.45, 2.75) is 90.7 Å². The van der Waals surface area contributed by atoms with E-state index in [0.717, 1.165) is 79.7 Å². The van der Waals surface area contributed by atoms with Gasteiger partial charge in [0, 0.05) is 31.9 Å². The van der Waals surface area contributed by atoms with Gasteiger partial charge in [0.15, 0.2) is 0 Å². The molecule has 1 amide bonds. The number of nitrogens with zero attached hydrogens (tertiary/aromatic N) is 2. The van der Waals surface area contributed by atoms with E-state index in [1.54, 1.807) is 0 Å². The van der Waals surface area contributed by atoms with Crippen LogP contribution in [0.4, 0.5) is 5.69 Å². The normalized spacial score (nSPS) is 17.9. The molecular formula is C32H44N2O4. The Labute approximate surface area is 228 Å². The van der Waals surface area contributed by atoms with Crippen molar-refractivity contribution >= 4 is 17.6 Å². The molecule has 2 aromatic rings. The Kier molecular flexibility index (Phi) is 10.1. The lowest BCUT2D eigenvalue weighted by Gasteiger charge is -2.31. The van der Waals surface area contributed by atoms with Crippen LogP contribution in [0.5, 0.6) is 5.75 Å². The van der Waals surface area contributed by atoms with Crippen molar-refractivity contribution < 1.29 is 19.4 Å². The molecule has 1 N–H and O–H groups in total. The van der Waals surface area contributed by atoms with Gasteiger partial charge in [-0.2, -0.15) is 0 Å². The van der Waals surface area contributed by atoms with E-state index >= 15 is 0 Å². The van der Waals surface area contributed by atoms with E-state index in [9.17, 15) is 14.7 Å². The fourth-order valence-corrected chi connectivity index (χ4v) is 5.78. The maximum absolute atomic E-state index is 12.6. The van der Waals surface area contributed by atoms with E-state index in [2.05, 4.69) is 55.1 Å². The molecule has 0 radical (unpaired) electrons. The number of carbonyl (C=O) groups is 2. The Bertz CT molecular complexity index is 1080. The fraction of sp³-hybridized carbons (Fsp3) is 0.562. The van der Waals surface area contributed by atoms with Crippen molar-refractivity contribution in [3.8, 4) is 16.9 Å². The summed E-state index contributed by atoms with van der Waals surface area (Å²) in [6.45, 7) is 7.10. The van der Waals surface area contributed by atoms with E-state index in [1.165, 1.54) is 30.6 Å². The standard InChI is InChI=1S/C32H44N2O4/c1-24(2)22-33-18-9-5-3-4-6-10-19-34(31(35)32(36)37)23-27-17-16-26(21-30(27)33)25-12-11-15-29(20-25)38-28-13-7-8-14-28/h11-12,15-17,20-21,24,28H,3-10,13-14,18-19,22-23H2,1-2H3,(H,36,37). The van der Waals surface area contributed by atoms with Crippen molar-refractivity contribution in [1.82, 2.24) is 4.90 Å². The first-order chi connectivity index (χ1) is 18.4. The van der Waals surface area contributed by atoms with Crippen LogP contribution in [-0.2, 0) is 16.1 Å². The molecule has 1 aliphatic carbocycles. The lowest BCUT2D eigenvalue weighted by Crippen LogP contribution is -2.37. The number of rotatable bonds is 5. The van der Waals surface area contributed by atoms with E-state index in [0.29, 0.717) is 25.1 Å². The summed E-state index contributed by atoms with van der Waals surface area (Å²) in [5.74, 6) is -0.814. The number of carbonyl (C=O) groups excluding carboxylic acids is 1. The number of hydrogen-bond donors (Lipinski definition) is 1. The van der Waals surface area contributed by atoms with Crippen molar-refractivity contribution in [1.29, 1.82) is 0 Å². The second-order valence-corrected chi connectivity index (χ2v) is 11.4. The first-order valence-electron chi connectivity index (χ1n) is 14.6. The molecule has 2 aliphatic rings. The zero-order chi connectivity index (χ0) is 26.9. The summed E-state index contributed by atoms with van der Waals surface area (Å²) >= 11 is 0. The Morgan fingerprint density at radius 3 is 2.29 bits per heavy atom. The molecule has 1 heterocycles. The van der Waals surface area contributed by atoms with Gasteiger partial charge in [0.2, 0.25) is 0 Å². The lowest BCUT2D eigenvalue weighted by molar-refractivity contribution is -0.156. The molecular weight excluding hydrogens is 476 g/mol. The molecule has 0 unspecified atom stereocenters. The van der Waals surface area contributed by atoms with E-state index in [4.69, 9.17) is 4.74 Å². The zero-order valence-electron chi connectivity index (χ0n) is 23.2. The molecule has 4 rings (SSSR count). The monoisotopic (exact) mass is 520 g/mol. The molecule has 206 valence electrons. The molecule has 0 spiro atoms. The average molecular weight is 521 g/mol. The first kappa shape index (κ1) is 28.0. The summed E-state index contributed by atoms with van der Waals surface area (Å²) < 4.78 is 6.28. The third kappa shape index (κ3) is 7.75. The minimum absolute atomic E-state index is 0.306. The molecule has 6 heteroatoms. The van der Waals surface area contributed by atoms with Crippen LogP contribution in [0.2, 0.25) is 0 Å². The largest absolute Gasteiger partial charge is 0.490 e. The predicted octanol–water partition coefficient (Wildman–Crippen LogP) is 6.90. The number of hydrogen-bond acceptors (Lipinski definition) is 4. The van der Waals surface area contributed by atoms with Crippen molar-refractivity contribution in [2.24, 2.45) is 5.92 Å². The third-order valence-corrected chi connectivity index (χ3v) is 7.72. The number of anilines is 1. The molecule has 1 saturated carbocycles.